The Morgan fingerprint density at radius 2 is 2.21 bits per heavy atom. The van der Waals surface area contributed by atoms with Crippen LogP contribution in [0, 0.1) is 0 Å². The summed E-state index contributed by atoms with van der Waals surface area (Å²) in [6, 6.07) is 8.15. The molecule has 1 aromatic rings. The SMILES string of the molecule is C=CCc1ccccc1OC1CNC1. The van der Waals surface area contributed by atoms with Crippen LogP contribution in [0.25, 0.3) is 0 Å². The smallest absolute Gasteiger partial charge is 0.123 e. The van der Waals surface area contributed by atoms with Gasteiger partial charge in [-0.1, -0.05) is 24.3 Å². The number of hydrogen-bond acceptors (Lipinski definition) is 2. The van der Waals surface area contributed by atoms with Crippen molar-refractivity contribution in [1.82, 2.24) is 5.32 Å². The molecular weight excluding hydrogens is 174 g/mol. The molecule has 1 fully saturated rings. The fraction of sp³-hybridized carbons (Fsp3) is 0.333. The van der Waals surface area contributed by atoms with Gasteiger partial charge in [0.2, 0.25) is 0 Å². The van der Waals surface area contributed by atoms with Gasteiger partial charge in [0, 0.05) is 13.1 Å². The van der Waals surface area contributed by atoms with Gasteiger partial charge in [0.15, 0.2) is 0 Å². The molecule has 0 bridgehead atoms. The lowest BCUT2D eigenvalue weighted by atomic mass is 10.1. The van der Waals surface area contributed by atoms with Gasteiger partial charge in [0.25, 0.3) is 0 Å². The zero-order valence-corrected chi connectivity index (χ0v) is 8.20. The second-order valence-electron chi connectivity index (χ2n) is 3.50. The normalized spacial score (nSPS) is 16.0. The summed E-state index contributed by atoms with van der Waals surface area (Å²) in [7, 11) is 0. The third-order valence-corrected chi connectivity index (χ3v) is 2.37. The first kappa shape index (κ1) is 9.28. The van der Waals surface area contributed by atoms with Gasteiger partial charge in [-0.3, -0.25) is 0 Å². The van der Waals surface area contributed by atoms with Crippen LogP contribution in [0.2, 0.25) is 0 Å². The van der Waals surface area contributed by atoms with Gasteiger partial charge in [0.1, 0.15) is 11.9 Å². The van der Waals surface area contributed by atoms with E-state index in [0.29, 0.717) is 6.10 Å². The monoisotopic (exact) mass is 189 g/mol. The molecule has 1 aromatic carbocycles. The molecule has 0 spiro atoms. The Hall–Kier alpha value is -1.28. The summed E-state index contributed by atoms with van der Waals surface area (Å²) in [4.78, 5) is 0. The molecule has 1 heterocycles. The molecular formula is C12H15NO. The van der Waals surface area contributed by atoms with Crippen molar-refractivity contribution in [1.29, 1.82) is 0 Å². The van der Waals surface area contributed by atoms with E-state index >= 15 is 0 Å². The fourth-order valence-corrected chi connectivity index (χ4v) is 1.47. The summed E-state index contributed by atoms with van der Waals surface area (Å²) < 4.78 is 5.82. The molecule has 0 unspecified atom stereocenters. The highest BCUT2D eigenvalue weighted by atomic mass is 16.5. The lowest BCUT2D eigenvalue weighted by Gasteiger charge is -2.28. The average molecular weight is 189 g/mol. The van der Waals surface area contributed by atoms with Crippen LogP contribution >= 0.6 is 0 Å². The molecule has 1 aliphatic rings. The molecule has 0 aliphatic carbocycles. The molecule has 0 amide bonds. The van der Waals surface area contributed by atoms with Gasteiger partial charge in [-0.05, 0) is 18.1 Å². The molecule has 0 radical (unpaired) electrons. The van der Waals surface area contributed by atoms with Crippen LogP contribution in [-0.4, -0.2) is 19.2 Å². The molecule has 1 saturated heterocycles. The Morgan fingerprint density at radius 1 is 1.43 bits per heavy atom. The van der Waals surface area contributed by atoms with E-state index in [4.69, 9.17) is 4.74 Å². The van der Waals surface area contributed by atoms with E-state index < -0.39 is 0 Å². The first-order valence-corrected chi connectivity index (χ1v) is 4.96. The zero-order chi connectivity index (χ0) is 9.80. The summed E-state index contributed by atoms with van der Waals surface area (Å²) in [6.45, 7) is 5.66. The predicted molar refractivity (Wildman–Crippen MR) is 57.6 cm³/mol. The highest BCUT2D eigenvalue weighted by Gasteiger charge is 2.18. The first-order chi connectivity index (χ1) is 6.90. The molecule has 0 saturated carbocycles. The van der Waals surface area contributed by atoms with Crippen molar-refractivity contribution in [2.24, 2.45) is 0 Å². The van der Waals surface area contributed by atoms with Crippen molar-refractivity contribution in [3.05, 3.63) is 42.5 Å². The van der Waals surface area contributed by atoms with E-state index in [-0.39, 0.29) is 0 Å². The van der Waals surface area contributed by atoms with Crippen LogP contribution in [0.4, 0.5) is 0 Å². The van der Waals surface area contributed by atoms with Crippen LogP contribution in [0.15, 0.2) is 36.9 Å². The van der Waals surface area contributed by atoms with Gasteiger partial charge in [0.05, 0.1) is 0 Å². The van der Waals surface area contributed by atoms with Gasteiger partial charge in [-0.15, -0.1) is 6.58 Å². The number of rotatable bonds is 4. The summed E-state index contributed by atoms with van der Waals surface area (Å²) in [6.07, 6.45) is 3.12. The maximum absolute atomic E-state index is 5.82. The Labute approximate surface area is 84.6 Å². The number of benzene rings is 1. The highest BCUT2D eigenvalue weighted by molar-refractivity contribution is 5.35. The molecule has 2 rings (SSSR count). The summed E-state index contributed by atoms with van der Waals surface area (Å²) in [5.41, 5.74) is 1.22. The van der Waals surface area contributed by atoms with Gasteiger partial charge in [-0.2, -0.15) is 0 Å². The van der Waals surface area contributed by atoms with E-state index in [2.05, 4.69) is 18.0 Å². The van der Waals surface area contributed by atoms with Crippen LogP contribution in [0.5, 0.6) is 5.75 Å². The molecule has 0 aromatic heterocycles. The number of allylic oxidation sites excluding steroid dienone is 1. The maximum atomic E-state index is 5.82. The Bertz CT molecular complexity index is 318. The van der Waals surface area contributed by atoms with E-state index in [9.17, 15) is 0 Å². The summed E-state index contributed by atoms with van der Waals surface area (Å²) >= 11 is 0. The van der Waals surface area contributed by atoms with Gasteiger partial charge >= 0.3 is 0 Å². The molecule has 1 aliphatic heterocycles. The number of nitrogens with one attached hydrogen (secondary N) is 1. The van der Waals surface area contributed by atoms with Crippen molar-refractivity contribution >= 4 is 0 Å². The molecule has 2 heteroatoms. The Balaban J connectivity index is 2.09. The van der Waals surface area contributed by atoms with Gasteiger partial charge < -0.3 is 10.1 Å². The number of hydrogen-bond donors (Lipinski definition) is 1. The third kappa shape index (κ3) is 1.96. The average Bonchev–Trinajstić information content (AvgIpc) is 2.14. The summed E-state index contributed by atoms with van der Waals surface area (Å²) in [5, 5.41) is 3.19. The number of para-hydroxylation sites is 1. The second-order valence-corrected chi connectivity index (χ2v) is 3.50. The minimum absolute atomic E-state index is 0.348. The molecule has 0 atom stereocenters. The van der Waals surface area contributed by atoms with Crippen LogP contribution in [0.1, 0.15) is 5.56 Å². The standard InChI is InChI=1S/C12H15NO/c1-2-5-10-6-3-4-7-12(10)14-11-8-13-9-11/h2-4,6-7,11,13H,1,5,8-9H2. The maximum Gasteiger partial charge on any atom is 0.123 e. The fourth-order valence-electron chi connectivity index (χ4n) is 1.47. The van der Waals surface area contributed by atoms with Crippen molar-refractivity contribution in [2.45, 2.75) is 12.5 Å². The third-order valence-electron chi connectivity index (χ3n) is 2.37. The largest absolute Gasteiger partial charge is 0.487 e. The van der Waals surface area contributed by atoms with E-state index in [1.54, 1.807) is 0 Å². The minimum atomic E-state index is 0.348. The quantitative estimate of drug-likeness (QED) is 0.729. The number of ether oxygens (including phenoxy) is 1. The van der Waals surface area contributed by atoms with Gasteiger partial charge in [-0.25, -0.2) is 0 Å². The Kier molecular flexibility index (Phi) is 2.84. The van der Waals surface area contributed by atoms with Crippen molar-refractivity contribution in [3.63, 3.8) is 0 Å². The molecule has 2 nitrogen and oxygen atoms in total. The second kappa shape index (κ2) is 4.29. The lowest BCUT2D eigenvalue weighted by Crippen LogP contribution is -2.50. The first-order valence-electron chi connectivity index (χ1n) is 4.96. The molecule has 1 N–H and O–H groups in total. The van der Waals surface area contributed by atoms with Crippen molar-refractivity contribution < 1.29 is 4.74 Å². The molecule has 74 valence electrons. The Morgan fingerprint density at radius 3 is 2.86 bits per heavy atom. The predicted octanol–water partition coefficient (Wildman–Crippen LogP) is 1.77. The van der Waals surface area contributed by atoms with Crippen molar-refractivity contribution in [2.75, 3.05) is 13.1 Å². The van der Waals surface area contributed by atoms with Crippen LogP contribution < -0.4 is 10.1 Å². The highest BCUT2D eigenvalue weighted by Crippen LogP contribution is 2.20. The zero-order valence-electron chi connectivity index (χ0n) is 8.20. The summed E-state index contributed by atoms with van der Waals surface area (Å²) in [5.74, 6) is 0.999. The molecule has 14 heavy (non-hydrogen) atoms. The lowest BCUT2D eigenvalue weighted by molar-refractivity contribution is 0.141. The van der Waals surface area contributed by atoms with E-state index in [1.165, 1.54) is 5.56 Å². The van der Waals surface area contributed by atoms with E-state index in [1.807, 2.05) is 24.3 Å². The van der Waals surface area contributed by atoms with Crippen LogP contribution in [-0.2, 0) is 6.42 Å². The van der Waals surface area contributed by atoms with Crippen molar-refractivity contribution in [3.8, 4) is 5.75 Å². The topological polar surface area (TPSA) is 21.3 Å². The van der Waals surface area contributed by atoms with Crippen LogP contribution in [0.3, 0.4) is 0 Å². The minimum Gasteiger partial charge on any atom is -0.487 e. The van der Waals surface area contributed by atoms with E-state index in [0.717, 1.165) is 25.3 Å².